The summed E-state index contributed by atoms with van der Waals surface area (Å²) in [6.45, 7) is 0.756. The van der Waals surface area contributed by atoms with Crippen LogP contribution in [0.5, 0.6) is 11.5 Å². The average Bonchev–Trinajstić information content (AvgIpc) is 2.77. The topological polar surface area (TPSA) is 89.1 Å². The molecule has 2 rings (SSSR count). The van der Waals surface area contributed by atoms with Gasteiger partial charge in [-0.2, -0.15) is 0 Å². The molecule has 30 heavy (non-hydrogen) atoms. The molecule has 1 atom stereocenters. The first-order valence-corrected chi connectivity index (χ1v) is 9.46. The van der Waals surface area contributed by atoms with E-state index < -0.39 is 5.97 Å². The van der Waals surface area contributed by atoms with E-state index in [-0.39, 0.29) is 12.1 Å². The van der Waals surface area contributed by atoms with Crippen LogP contribution in [0.2, 0.25) is 0 Å². The minimum Gasteiger partial charge on any atom is -0.493 e. The summed E-state index contributed by atoms with van der Waals surface area (Å²) < 4.78 is 15.3. The second kappa shape index (κ2) is 11.1. The minimum absolute atomic E-state index is 0.0464. The van der Waals surface area contributed by atoms with Gasteiger partial charge < -0.3 is 29.7 Å². The Morgan fingerprint density at radius 1 is 0.933 bits per heavy atom. The molecule has 0 fully saturated rings. The first-order valence-electron chi connectivity index (χ1n) is 9.46. The van der Waals surface area contributed by atoms with Crippen LogP contribution in [0.1, 0.15) is 27.5 Å². The van der Waals surface area contributed by atoms with Gasteiger partial charge >= 0.3 is 12.0 Å². The highest BCUT2D eigenvalue weighted by Gasteiger charge is 2.17. The van der Waals surface area contributed by atoms with E-state index >= 15 is 0 Å². The van der Waals surface area contributed by atoms with Crippen molar-refractivity contribution in [3.05, 3.63) is 59.2 Å². The molecule has 0 radical (unpaired) electrons. The molecule has 2 amide bonds. The highest BCUT2D eigenvalue weighted by atomic mass is 16.5. The van der Waals surface area contributed by atoms with Crippen molar-refractivity contribution in [1.29, 1.82) is 0 Å². The number of carbonyl (C=O) groups is 2. The lowest BCUT2D eigenvalue weighted by atomic mass is 10.1. The molecule has 0 saturated heterocycles. The molecule has 2 N–H and O–H groups in total. The molecule has 0 aliphatic carbocycles. The van der Waals surface area contributed by atoms with Crippen molar-refractivity contribution in [2.24, 2.45) is 0 Å². The molecule has 8 heteroatoms. The molecular weight excluding hydrogens is 386 g/mol. The smallest absolute Gasteiger partial charge is 0.337 e. The average molecular weight is 415 g/mol. The molecule has 2 aromatic rings. The zero-order valence-corrected chi connectivity index (χ0v) is 18.0. The van der Waals surface area contributed by atoms with Crippen LogP contribution in [0.15, 0.2) is 42.5 Å². The van der Waals surface area contributed by atoms with Crippen LogP contribution >= 0.6 is 0 Å². The van der Waals surface area contributed by atoms with Gasteiger partial charge in [0.15, 0.2) is 11.5 Å². The van der Waals surface area contributed by atoms with Crippen LogP contribution in [-0.4, -0.2) is 58.9 Å². The van der Waals surface area contributed by atoms with Gasteiger partial charge in [-0.1, -0.05) is 18.2 Å². The Bertz CT molecular complexity index is 852. The van der Waals surface area contributed by atoms with Crippen molar-refractivity contribution in [3.63, 3.8) is 0 Å². The number of hydrogen-bond acceptors (Lipinski definition) is 6. The van der Waals surface area contributed by atoms with E-state index in [1.54, 1.807) is 38.5 Å². The number of urea groups is 1. The van der Waals surface area contributed by atoms with E-state index in [4.69, 9.17) is 9.47 Å². The molecular formula is C22H29N3O5. The first kappa shape index (κ1) is 23.0. The van der Waals surface area contributed by atoms with E-state index in [1.165, 1.54) is 7.11 Å². The lowest BCUT2D eigenvalue weighted by molar-refractivity contribution is 0.0600. The highest BCUT2D eigenvalue weighted by molar-refractivity contribution is 5.89. The van der Waals surface area contributed by atoms with Gasteiger partial charge in [0.2, 0.25) is 0 Å². The Labute approximate surface area is 177 Å². The Morgan fingerprint density at radius 2 is 1.60 bits per heavy atom. The second-order valence-corrected chi connectivity index (χ2v) is 6.85. The summed E-state index contributed by atoms with van der Waals surface area (Å²) in [5.74, 6) is 0.904. The number of ether oxygens (including phenoxy) is 3. The Hall–Kier alpha value is -3.26. The number of rotatable bonds is 9. The van der Waals surface area contributed by atoms with E-state index in [0.29, 0.717) is 30.2 Å². The van der Waals surface area contributed by atoms with E-state index in [1.807, 2.05) is 37.2 Å². The third kappa shape index (κ3) is 6.12. The quantitative estimate of drug-likeness (QED) is 0.612. The molecule has 0 bridgehead atoms. The number of methoxy groups -OCH3 is 3. The molecule has 2 aromatic carbocycles. The van der Waals surface area contributed by atoms with Crippen molar-refractivity contribution >= 4 is 12.0 Å². The minimum atomic E-state index is -0.392. The summed E-state index contributed by atoms with van der Waals surface area (Å²) in [5.41, 5.74) is 2.34. The molecule has 0 saturated carbocycles. The Morgan fingerprint density at radius 3 is 2.17 bits per heavy atom. The van der Waals surface area contributed by atoms with Gasteiger partial charge in [-0.25, -0.2) is 9.59 Å². The predicted molar refractivity (Wildman–Crippen MR) is 114 cm³/mol. The van der Waals surface area contributed by atoms with Gasteiger partial charge in [0.05, 0.1) is 32.9 Å². The van der Waals surface area contributed by atoms with Crippen molar-refractivity contribution < 1.29 is 23.8 Å². The van der Waals surface area contributed by atoms with Crippen molar-refractivity contribution in [2.75, 3.05) is 42.0 Å². The third-order valence-electron chi connectivity index (χ3n) is 4.70. The fraction of sp³-hybridized carbons (Fsp3) is 0.364. The zero-order chi connectivity index (χ0) is 22.1. The number of amides is 2. The summed E-state index contributed by atoms with van der Waals surface area (Å²) in [6.07, 6.45) is 0. The highest BCUT2D eigenvalue weighted by Crippen LogP contribution is 2.31. The molecule has 0 spiro atoms. The Balaban J connectivity index is 1.93. The third-order valence-corrected chi connectivity index (χ3v) is 4.70. The lowest BCUT2D eigenvalue weighted by Crippen LogP contribution is -2.40. The molecule has 0 heterocycles. The maximum atomic E-state index is 12.3. The van der Waals surface area contributed by atoms with Gasteiger partial charge in [0.25, 0.3) is 0 Å². The lowest BCUT2D eigenvalue weighted by Gasteiger charge is -2.26. The van der Waals surface area contributed by atoms with Gasteiger partial charge in [-0.15, -0.1) is 0 Å². The monoisotopic (exact) mass is 415 g/mol. The number of nitrogens with one attached hydrogen (secondary N) is 2. The number of esters is 1. The maximum Gasteiger partial charge on any atom is 0.337 e. The number of benzene rings is 2. The maximum absolute atomic E-state index is 12.3. The van der Waals surface area contributed by atoms with E-state index in [0.717, 1.165) is 11.1 Å². The zero-order valence-electron chi connectivity index (χ0n) is 18.0. The summed E-state index contributed by atoms with van der Waals surface area (Å²) in [7, 11) is 8.42. The van der Waals surface area contributed by atoms with Gasteiger partial charge in [0, 0.05) is 13.1 Å². The Kier molecular flexibility index (Phi) is 8.49. The molecule has 0 aliphatic heterocycles. The normalized spacial score (nSPS) is 11.5. The predicted octanol–water partition coefficient (Wildman–Crippen LogP) is 2.59. The van der Waals surface area contributed by atoms with Crippen LogP contribution < -0.4 is 20.1 Å². The number of nitrogens with zero attached hydrogens (tertiary/aromatic N) is 1. The van der Waals surface area contributed by atoms with Crippen molar-refractivity contribution in [2.45, 2.75) is 12.6 Å². The van der Waals surface area contributed by atoms with Gasteiger partial charge in [0.1, 0.15) is 0 Å². The number of likely N-dealkylation sites (N-methyl/N-ethyl adjacent to an activating group) is 1. The van der Waals surface area contributed by atoms with E-state index in [9.17, 15) is 9.59 Å². The van der Waals surface area contributed by atoms with Crippen LogP contribution in [0.3, 0.4) is 0 Å². The number of hydrogen-bond donors (Lipinski definition) is 2. The largest absolute Gasteiger partial charge is 0.493 e. The second-order valence-electron chi connectivity index (χ2n) is 6.85. The van der Waals surface area contributed by atoms with Crippen LogP contribution in [0.25, 0.3) is 0 Å². The van der Waals surface area contributed by atoms with Gasteiger partial charge in [-0.05, 0) is 49.5 Å². The van der Waals surface area contributed by atoms with Crippen LogP contribution in [-0.2, 0) is 11.3 Å². The molecule has 162 valence electrons. The molecule has 0 unspecified atom stereocenters. The fourth-order valence-corrected chi connectivity index (χ4v) is 2.97. The summed E-state index contributed by atoms with van der Waals surface area (Å²) >= 11 is 0. The molecule has 0 aliphatic rings. The summed E-state index contributed by atoms with van der Waals surface area (Å²) in [5, 5.41) is 5.72. The fourth-order valence-electron chi connectivity index (χ4n) is 2.97. The van der Waals surface area contributed by atoms with Crippen LogP contribution in [0, 0.1) is 0 Å². The van der Waals surface area contributed by atoms with Gasteiger partial charge in [-0.3, -0.25) is 0 Å². The van der Waals surface area contributed by atoms with Crippen LogP contribution in [0.4, 0.5) is 4.79 Å². The van der Waals surface area contributed by atoms with Crippen molar-refractivity contribution in [1.82, 2.24) is 15.5 Å². The molecule has 8 nitrogen and oxygen atoms in total. The summed E-state index contributed by atoms with van der Waals surface area (Å²) in [4.78, 5) is 25.7. The first-order chi connectivity index (χ1) is 14.4. The summed E-state index contributed by atoms with van der Waals surface area (Å²) in [6, 6.07) is 12.3. The number of carbonyl (C=O) groups excluding carboxylic acids is 2. The van der Waals surface area contributed by atoms with Crippen molar-refractivity contribution in [3.8, 4) is 11.5 Å². The SMILES string of the molecule is COC(=O)c1ccc(CNC(=O)NC[C@@H](c2ccc(OC)c(OC)c2)N(C)C)cc1. The van der Waals surface area contributed by atoms with E-state index in [2.05, 4.69) is 15.4 Å². The standard InChI is InChI=1S/C22H29N3O5/c1-25(2)18(17-10-11-19(28-3)20(12-17)29-4)14-24-22(27)23-13-15-6-8-16(9-7-15)21(26)30-5/h6-12,18H,13-14H2,1-5H3,(H2,23,24,27)/t18-/m0/s1. The molecule has 0 aromatic heterocycles.